The van der Waals surface area contributed by atoms with Crippen molar-refractivity contribution < 1.29 is 24.2 Å². The van der Waals surface area contributed by atoms with E-state index in [1.54, 1.807) is 79.9 Å². The molecule has 1 N–H and O–H groups in total. The molecule has 0 bridgehead atoms. The van der Waals surface area contributed by atoms with E-state index < -0.39 is 17.7 Å². The minimum absolute atomic E-state index is 0.0317. The minimum atomic E-state index is -0.807. The molecule has 156 valence electrons. The molecule has 6 nitrogen and oxygen atoms in total. The average molecular weight is 415 g/mol. The van der Waals surface area contributed by atoms with Gasteiger partial charge in [0.1, 0.15) is 17.3 Å². The van der Waals surface area contributed by atoms with Gasteiger partial charge < -0.3 is 14.6 Å². The molecule has 1 saturated heterocycles. The summed E-state index contributed by atoms with van der Waals surface area (Å²) >= 11 is 0. The first-order valence-electron chi connectivity index (χ1n) is 9.69. The number of nitrogens with zero attached hydrogens (tertiary/aromatic N) is 1. The highest BCUT2D eigenvalue weighted by Gasteiger charge is 2.47. The summed E-state index contributed by atoms with van der Waals surface area (Å²) in [6.07, 6.45) is 0. The number of hydrogen-bond donors (Lipinski definition) is 1. The van der Waals surface area contributed by atoms with Gasteiger partial charge in [0.05, 0.1) is 25.8 Å². The van der Waals surface area contributed by atoms with Gasteiger partial charge in [0, 0.05) is 17.3 Å². The third-order valence-corrected chi connectivity index (χ3v) is 5.25. The van der Waals surface area contributed by atoms with Crippen LogP contribution in [0.5, 0.6) is 11.5 Å². The molecule has 1 amide bonds. The number of ether oxygens (including phenoxy) is 2. The van der Waals surface area contributed by atoms with Crippen molar-refractivity contribution in [3.8, 4) is 11.5 Å². The molecule has 3 aromatic carbocycles. The smallest absolute Gasteiger partial charge is 0.300 e. The lowest BCUT2D eigenvalue weighted by Crippen LogP contribution is -2.29. The summed E-state index contributed by atoms with van der Waals surface area (Å²) in [4.78, 5) is 27.6. The van der Waals surface area contributed by atoms with Crippen LogP contribution in [0.3, 0.4) is 0 Å². The molecule has 1 atom stereocenters. The number of rotatable bonds is 5. The van der Waals surface area contributed by atoms with E-state index in [2.05, 4.69) is 0 Å². The van der Waals surface area contributed by atoms with Crippen molar-refractivity contribution in [2.45, 2.75) is 6.04 Å². The van der Waals surface area contributed by atoms with Gasteiger partial charge in [-0.15, -0.1) is 0 Å². The van der Waals surface area contributed by atoms with Crippen LogP contribution < -0.4 is 14.4 Å². The van der Waals surface area contributed by atoms with Crippen molar-refractivity contribution in [3.63, 3.8) is 0 Å². The van der Waals surface area contributed by atoms with Gasteiger partial charge in [-0.25, -0.2) is 0 Å². The minimum Gasteiger partial charge on any atom is -0.507 e. The zero-order chi connectivity index (χ0) is 22.0. The normalized spacial score (nSPS) is 17.6. The molecule has 1 heterocycles. The number of hydrogen-bond acceptors (Lipinski definition) is 5. The number of ketones is 1. The van der Waals surface area contributed by atoms with Gasteiger partial charge in [0.2, 0.25) is 0 Å². The summed E-state index contributed by atoms with van der Waals surface area (Å²) in [6, 6.07) is 21.9. The predicted octanol–water partition coefficient (Wildman–Crippen LogP) is 4.33. The lowest BCUT2D eigenvalue weighted by molar-refractivity contribution is -0.132. The SMILES string of the molecule is COc1ccc(C2/C(=C(\O)c3ccccc3)C(=O)C(=O)N2c2cccc(OC)c2)cc1. The van der Waals surface area contributed by atoms with Gasteiger partial charge in [-0.1, -0.05) is 48.5 Å². The predicted molar refractivity (Wildman–Crippen MR) is 117 cm³/mol. The highest BCUT2D eigenvalue weighted by atomic mass is 16.5. The molecule has 0 spiro atoms. The monoisotopic (exact) mass is 415 g/mol. The molecular formula is C25H21NO5. The van der Waals surface area contributed by atoms with Crippen LogP contribution in [0.4, 0.5) is 5.69 Å². The van der Waals surface area contributed by atoms with Crippen molar-refractivity contribution in [3.05, 3.63) is 95.6 Å². The Morgan fingerprint density at radius 2 is 1.52 bits per heavy atom. The Morgan fingerprint density at radius 3 is 2.16 bits per heavy atom. The fraction of sp³-hybridized carbons (Fsp3) is 0.120. The largest absolute Gasteiger partial charge is 0.507 e. The van der Waals surface area contributed by atoms with E-state index in [9.17, 15) is 14.7 Å². The van der Waals surface area contributed by atoms with Crippen LogP contribution in [0.15, 0.2) is 84.4 Å². The number of carbonyl (C=O) groups is 2. The molecule has 6 heteroatoms. The molecule has 0 aliphatic carbocycles. The Labute approximate surface area is 180 Å². The Bertz CT molecular complexity index is 1150. The molecule has 1 unspecified atom stereocenters. The van der Waals surface area contributed by atoms with Crippen molar-refractivity contribution in [2.24, 2.45) is 0 Å². The first-order valence-corrected chi connectivity index (χ1v) is 9.69. The van der Waals surface area contributed by atoms with Gasteiger partial charge in [0.25, 0.3) is 11.7 Å². The fourth-order valence-electron chi connectivity index (χ4n) is 3.71. The van der Waals surface area contributed by atoms with Gasteiger partial charge in [0.15, 0.2) is 0 Å². The van der Waals surface area contributed by atoms with Crippen LogP contribution >= 0.6 is 0 Å². The number of anilines is 1. The molecule has 1 aliphatic heterocycles. The molecule has 0 aromatic heterocycles. The van der Waals surface area contributed by atoms with Gasteiger partial charge in [-0.05, 0) is 29.8 Å². The van der Waals surface area contributed by atoms with Crippen molar-refractivity contribution in [1.82, 2.24) is 0 Å². The Hall–Kier alpha value is -4.06. The number of aliphatic hydroxyl groups excluding tert-OH is 1. The number of carbonyl (C=O) groups excluding carboxylic acids is 2. The molecule has 1 aliphatic rings. The van der Waals surface area contributed by atoms with E-state index in [1.807, 2.05) is 6.07 Å². The van der Waals surface area contributed by atoms with Crippen LogP contribution in [0.1, 0.15) is 17.2 Å². The highest BCUT2D eigenvalue weighted by molar-refractivity contribution is 6.51. The van der Waals surface area contributed by atoms with Crippen LogP contribution in [0.25, 0.3) is 5.76 Å². The number of aliphatic hydroxyl groups is 1. The Kier molecular flexibility index (Phi) is 5.45. The third-order valence-electron chi connectivity index (χ3n) is 5.25. The van der Waals surface area contributed by atoms with Crippen molar-refractivity contribution in [1.29, 1.82) is 0 Å². The lowest BCUT2D eigenvalue weighted by Gasteiger charge is -2.26. The maximum Gasteiger partial charge on any atom is 0.300 e. The topological polar surface area (TPSA) is 76.1 Å². The summed E-state index contributed by atoms with van der Waals surface area (Å²) in [5.41, 5.74) is 1.66. The first-order chi connectivity index (χ1) is 15.0. The quantitative estimate of drug-likeness (QED) is 0.381. The standard InChI is InChI=1S/C25H21NO5/c1-30-19-13-11-16(12-14-19)22-21(23(27)17-7-4-3-5-8-17)24(28)25(29)26(22)18-9-6-10-20(15-18)31-2/h3-15,22,27H,1-2H3/b23-21+. The molecule has 31 heavy (non-hydrogen) atoms. The molecular weight excluding hydrogens is 394 g/mol. The number of benzene rings is 3. The summed E-state index contributed by atoms with van der Waals surface area (Å²) in [6.45, 7) is 0. The van der Waals surface area contributed by atoms with E-state index in [1.165, 1.54) is 12.0 Å². The van der Waals surface area contributed by atoms with Crippen LogP contribution in [-0.4, -0.2) is 31.0 Å². The molecule has 1 fully saturated rings. The average Bonchev–Trinajstić information content (AvgIpc) is 3.09. The van der Waals surface area contributed by atoms with E-state index in [-0.39, 0.29) is 11.3 Å². The zero-order valence-corrected chi connectivity index (χ0v) is 17.1. The second kappa shape index (κ2) is 8.36. The van der Waals surface area contributed by atoms with E-state index in [0.29, 0.717) is 28.3 Å². The Morgan fingerprint density at radius 1 is 0.839 bits per heavy atom. The molecule has 0 saturated carbocycles. The zero-order valence-electron chi connectivity index (χ0n) is 17.1. The van der Waals surface area contributed by atoms with Crippen molar-refractivity contribution >= 4 is 23.1 Å². The summed E-state index contributed by atoms with van der Waals surface area (Å²) in [5.74, 6) is -0.484. The van der Waals surface area contributed by atoms with E-state index in [0.717, 1.165) is 0 Å². The second-order valence-electron chi connectivity index (χ2n) is 7.01. The number of methoxy groups -OCH3 is 2. The summed E-state index contributed by atoms with van der Waals surface area (Å²) in [7, 11) is 3.09. The second-order valence-corrected chi connectivity index (χ2v) is 7.01. The summed E-state index contributed by atoms with van der Waals surface area (Å²) in [5, 5.41) is 11.0. The van der Waals surface area contributed by atoms with Crippen LogP contribution in [0, 0.1) is 0 Å². The van der Waals surface area contributed by atoms with Crippen LogP contribution in [-0.2, 0) is 9.59 Å². The van der Waals surface area contributed by atoms with E-state index >= 15 is 0 Å². The van der Waals surface area contributed by atoms with Gasteiger partial charge in [-0.2, -0.15) is 0 Å². The third kappa shape index (κ3) is 3.64. The molecule has 4 rings (SSSR count). The Balaban J connectivity index is 1.93. The molecule has 0 radical (unpaired) electrons. The maximum atomic E-state index is 13.1. The lowest BCUT2D eigenvalue weighted by atomic mass is 9.95. The number of Topliss-reactive ketones (excluding diaryl/α,β-unsaturated/α-hetero) is 1. The molecule has 3 aromatic rings. The highest BCUT2D eigenvalue weighted by Crippen LogP contribution is 2.43. The first kappa shape index (κ1) is 20.2. The van der Waals surface area contributed by atoms with Crippen LogP contribution in [0.2, 0.25) is 0 Å². The van der Waals surface area contributed by atoms with Gasteiger partial charge in [-0.3, -0.25) is 14.5 Å². The van der Waals surface area contributed by atoms with Gasteiger partial charge >= 0.3 is 0 Å². The fourth-order valence-corrected chi connectivity index (χ4v) is 3.71. The van der Waals surface area contributed by atoms with E-state index in [4.69, 9.17) is 9.47 Å². The maximum absolute atomic E-state index is 13.1. The number of amides is 1. The van der Waals surface area contributed by atoms with Crippen molar-refractivity contribution in [2.75, 3.05) is 19.1 Å². The summed E-state index contributed by atoms with van der Waals surface area (Å²) < 4.78 is 10.5.